The molecule has 0 amide bonds. The highest BCUT2D eigenvalue weighted by atomic mass is 35.5. The number of halogens is 2. The highest BCUT2D eigenvalue weighted by molar-refractivity contribution is 6.31. The SMILES string of the molecule is Cc1cccc(CC(Cl)c2cccc(Cl)c2C)c1. The van der Waals surface area contributed by atoms with Gasteiger partial charge in [-0.05, 0) is 43.0 Å². The molecule has 0 aliphatic rings. The molecule has 2 aromatic rings. The summed E-state index contributed by atoms with van der Waals surface area (Å²) in [5.41, 5.74) is 4.71. The van der Waals surface area contributed by atoms with Crippen molar-refractivity contribution in [2.45, 2.75) is 25.6 Å². The molecule has 2 aromatic carbocycles. The first-order valence-corrected chi connectivity index (χ1v) is 6.84. The minimum Gasteiger partial charge on any atom is -0.117 e. The van der Waals surface area contributed by atoms with Crippen LogP contribution in [0.25, 0.3) is 0 Å². The Balaban J connectivity index is 2.22. The Morgan fingerprint density at radius 1 is 1.06 bits per heavy atom. The van der Waals surface area contributed by atoms with Gasteiger partial charge in [0, 0.05) is 5.02 Å². The van der Waals surface area contributed by atoms with Crippen LogP contribution in [0.5, 0.6) is 0 Å². The lowest BCUT2D eigenvalue weighted by atomic mass is 9.99. The monoisotopic (exact) mass is 278 g/mol. The molecule has 2 heteroatoms. The van der Waals surface area contributed by atoms with E-state index in [-0.39, 0.29) is 5.38 Å². The lowest BCUT2D eigenvalue weighted by molar-refractivity contribution is 0.908. The highest BCUT2D eigenvalue weighted by Crippen LogP contribution is 2.31. The van der Waals surface area contributed by atoms with E-state index in [2.05, 4.69) is 37.3 Å². The van der Waals surface area contributed by atoms with Crippen molar-refractivity contribution in [3.05, 3.63) is 69.7 Å². The van der Waals surface area contributed by atoms with Crippen molar-refractivity contribution in [2.24, 2.45) is 0 Å². The second-order valence-electron chi connectivity index (χ2n) is 4.61. The molecule has 0 aliphatic heterocycles. The van der Waals surface area contributed by atoms with E-state index in [0.717, 1.165) is 22.6 Å². The molecule has 1 atom stereocenters. The van der Waals surface area contributed by atoms with Crippen LogP contribution in [-0.2, 0) is 6.42 Å². The number of hydrogen-bond acceptors (Lipinski definition) is 0. The molecule has 0 fully saturated rings. The number of aryl methyl sites for hydroxylation is 1. The average molecular weight is 279 g/mol. The molecule has 0 spiro atoms. The van der Waals surface area contributed by atoms with Crippen LogP contribution >= 0.6 is 23.2 Å². The molecule has 0 saturated heterocycles. The van der Waals surface area contributed by atoms with Gasteiger partial charge in [-0.25, -0.2) is 0 Å². The topological polar surface area (TPSA) is 0 Å². The summed E-state index contributed by atoms with van der Waals surface area (Å²) in [6.07, 6.45) is 0.824. The van der Waals surface area contributed by atoms with Gasteiger partial charge in [0.15, 0.2) is 0 Å². The second kappa shape index (κ2) is 5.77. The van der Waals surface area contributed by atoms with Crippen molar-refractivity contribution in [2.75, 3.05) is 0 Å². The largest absolute Gasteiger partial charge is 0.117 e. The van der Waals surface area contributed by atoms with E-state index in [0.29, 0.717) is 0 Å². The standard InChI is InChI=1S/C16H16Cl2/c1-11-5-3-6-13(9-11)10-16(18)14-7-4-8-15(17)12(14)2/h3-9,16H,10H2,1-2H3. The fourth-order valence-electron chi connectivity index (χ4n) is 2.12. The Hall–Kier alpha value is -0.980. The average Bonchev–Trinajstić information content (AvgIpc) is 2.32. The van der Waals surface area contributed by atoms with Crippen molar-refractivity contribution in [3.63, 3.8) is 0 Å². The van der Waals surface area contributed by atoms with Crippen LogP contribution in [0.3, 0.4) is 0 Å². The molecule has 0 aromatic heterocycles. The molecule has 0 heterocycles. The molecular weight excluding hydrogens is 263 g/mol. The molecule has 0 N–H and O–H groups in total. The van der Waals surface area contributed by atoms with E-state index >= 15 is 0 Å². The Morgan fingerprint density at radius 2 is 1.78 bits per heavy atom. The zero-order chi connectivity index (χ0) is 13.1. The number of rotatable bonds is 3. The lowest BCUT2D eigenvalue weighted by Gasteiger charge is -2.14. The predicted octanol–water partition coefficient (Wildman–Crippen LogP) is 5.48. The van der Waals surface area contributed by atoms with E-state index in [1.54, 1.807) is 0 Å². The van der Waals surface area contributed by atoms with Crippen LogP contribution < -0.4 is 0 Å². The third-order valence-corrected chi connectivity index (χ3v) is 3.94. The summed E-state index contributed by atoms with van der Waals surface area (Å²) in [5.74, 6) is 0. The van der Waals surface area contributed by atoms with Crippen LogP contribution in [0, 0.1) is 13.8 Å². The summed E-state index contributed by atoms with van der Waals surface area (Å²) in [5, 5.41) is 0.743. The zero-order valence-corrected chi connectivity index (χ0v) is 12.1. The molecule has 0 radical (unpaired) electrons. The van der Waals surface area contributed by atoms with Crippen molar-refractivity contribution in [3.8, 4) is 0 Å². The van der Waals surface area contributed by atoms with Crippen LogP contribution in [0.4, 0.5) is 0 Å². The summed E-state index contributed by atoms with van der Waals surface area (Å²) in [6, 6.07) is 14.4. The first kappa shape index (κ1) is 13.5. The molecular formula is C16H16Cl2. The molecule has 0 nitrogen and oxygen atoms in total. The van der Waals surface area contributed by atoms with E-state index in [1.165, 1.54) is 11.1 Å². The first-order valence-electron chi connectivity index (χ1n) is 6.02. The van der Waals surface area contributed by atoms with Crippen molar-refractivity contribution >= 4 is 23.2 Å². The van der Waals surface area contributed by atoms with E-state index < -0.39 is 0 Å². The van der Waals surface area contributed by atoms with Gasteiger partial charge in [0.1, 0.15) is 0 Å². The first-order chi connectivity index (χ1) is 8.58. The summed E-state index contributed by atoms with van der Waals surface area (Å²) in [6.45, 7) is 4.11. The van der Waals surface area contributed by atoms with Crippen molar-refractivity contribution < 1.29 is 0 Å². The van der Waals surface area contributed by atoms with Gasteiger partial charge in [0.2, 0.25) is 0 Å². The Bertz CT molecular complexity index is 547. The summed E-state index contributed by atoms with van der Waals surface area (Å²) >= 11 is 12.6. The van der Waals surface area contributed by atoms with Gasteiger partial charge in [-0.2, -0.15) is 0 Å². The fraction of sp³-hybridized carbons (Fsp3) is 0.250. The Kier molecular flexibility index (Phi) is 4.31. The summed E-state index contributed by atoms with van der Waals surface area (Å²) in [7, 11) is 0. The van der Waals surface area contributed by atoms with Gasteiger partial charge in [0.25, 0.3) is 0 Å². The predicted molar refractivity (Wildman–Crippen MR) is 79.7 cm³/mol. The van der Waals surface area contributed by atoms with Crippen LogP contribution in [0.15, 0.2) is 42.5 Å². The normalized spacial score (nSPS) is 12.4. The maximum Gasteiger partial charge on any atom is 0.0628 e. The lowest BCUT2D eigenvalue weighted by Crippen LogP contribution is -1.99. The van der Waals surface area contributed by atoms with E-state index in [9.17, 15) is 0 Å². The van der Waals surface area contributed by atoms with Crippen LogP contribution in [0.1, 0.15) is 27.6 Å². The molecule has 0 aliphatic carbocycles. The summed E-state index contributed by atoms with van der Waals surface area (Å²) < 4.78 is 0. The van der Waals surface area contributed by atoms with E-state index in [1.807, 2.05) is 19.1 Å². The highest BCUT2D eigenvalue weighted by Gasteiger charge is 2.13. The zero-order valence-electron chi connectivity index (χ0n) is 10.6. The third-order valence-electron chi connectivity index (χ3n) is 3.14. The summed E-state index contributed by atoms with van der Waals surface area (Å²) in [4.78, 5) is 0. The minimum atomic E-state index is -0.0366. The van der Waals surface area contributed by atoms with E-state index in [4.69, 9.17) is 23.2 Å². The molecule has 94 valence electrons. The number of alkyl halides is 1. The van der Waals surface area contributed by atoms with Gasteiger partial charge < -0.3 is 0 Å². The number of benzene rings is 2. The minimum absolute atomic E-state index is 0.0366. The van der Waals surface area contributed by atoms with Crippen molar-refractivity contribution in [1.82, 2.24) is 0 Å². The van der Waals surface area contributed by atoms with Gasteiger partial charge >= 0.3 is 0 Å². The fourth-order valence-corrected chi connectivity index (χ4v) is 2.72. The second-order valence-corrected chi connectivity index (χ2v) is 5.55. The Morgan fingerprint density at radius 3 is 2.50 bits per heavy atom. The molecule has 0 bridgehead atoms. The maximum atomic E-state index is 6.51. The van der Waals surface area contributed by atoms with Gasteiger partial charge in [-0.15, -0.1) is 11.6 Å². The van der Waals surface area contributed by atoms with Crippen molar-refractivity contribution in [1.29, 1.82) is 0 Å². The maximum absolute atomic E-state index is 6.51. The van der Waals surface area contributed by atoms with Crippen LogP contribution in [0.2, 0.25) is 5.02 Å². The molecule has 2 rings (SSSR count). The molecule has 0 saturated carbocycles. The van der Waals surface area contributed by atoms with Gasteiger partial charge in [-0.3, -0.25) is 0 Å². The van der Waals surface area contributed by atoms with Gasteiger partial charge in [-0.1, -0.05) is 53.6 Å². The smallest absolute Gasteiger partial charge is 0.0628 e. The Labute approximate surface area is 119 Å². The molecule has 1 unspecified atom stereocenters. The molecule has 18 heavy (non-hydrogen) atoms. The van der Waals surface area contributed by atoms with Gasteiger partial charge in [0.05, 0.1) is 5.38 Å². The number of hydrogen-bond donors (Lipinski definition) is 0. The quantitative estimate of drug-likeness (QED) is 0.653. The third kappa shape index (κ3) is 3.07. The van der Waals surface area contributed by atoms with Crippen LogP contribution in [-0.4, -0.2) is 0 Å².